The molecule has 0 saturated heterocycles. The fourth-order valence-corrected chi connectivity index (χ4v) is 3.57. The summed E-state index contributed by atoms with van der Waals surface area (Å²) in [5.41, 5.74) is 2.71. The van der Waals surface area contributed by atoms with Crippen molar-refractivity contribution in [2.24, 2.45) is 0 Å². The fraction of sp³-hybridized carbons (Fsp3) is 0.214. The minimum Gasteiger partial charge on any atom is -0.427 e. The lowest BCUT2D eigenvalue weighted by atomic mass is 9.82. The molecular weight excluding hydrogens is 393 g/mol. The first kappa shape index (κ1) is 22.1. The monoisotopic (exact) mass is 423 g/mol. The van der Waals surface area contributed by atoms with Crippen molar-refractivity contribution >= 4 is 40.8 Å². The van der Waals surface area contributed by atoms with Crippen LogP contribution in [0.5, 0.6) is 0 Å². The van der Waals surface area contributed by atoms with Crippen LogP contribution in [0.2, 0.25) is 0 Å². The van der Waals surface area contributed by atoms with Gasteiger partial charge in [0, 0.05) is 17.1 Å². The third-order valence-corrected chi connectivity index (χ3v) is 6.25. The molecule has 0 saturated carbocycles. The van der Waals surface area contributed by atoms with E-state index < -0.39 is 11.2 Å². The first-order valence-electron chi connectivity index (χ1n) is 11.0. The molecule has 4 rings (SSSR count). The number of benzene rings is 4. The topological polar surface area (TPSA) is 32.7 Å². The van der Waals surface area contributed by atoms with Gasteiger partial charge in [0.2, 0.25) is 0 Å². The van der Waals surface area contributed by atoms with Crippen molar-refractivity contribution in [3.63, 3.8) is 0 Å². The van der Waals surface area contributed by atoms with E-state index in [1.807, 2.05) is 19.9 Å². The molecule has 0 atom stereocenters. The highest BCUT2D eigenvalue weighted by atomic mass is 16.5. The van der Waals surface area contributed by atoms with E-state index in [-0.39, 0.29) is 0 Å². The Kier molecular flexibility index (Phi) is 6.10. The van der Waals surface area contributed by atoms with Gasteiger partial charge >= 0.3 is 7.48 Å². The number of fused-ring (bicyclic) bond motifs is 1. The first-order valence-corrected chi connectivity index (χ1v) is 11.0. The zero-order chi connectivity index (χ0) is 22.8. The second-order valence-corrected chi connectivity index (χ2v) is 9.23. The summed E-state index contributed by atoms with van der Waals surface area (Å²) >= 11 is 0. The van der Waals surface area contributed by atoms with Crippen LogP contribution in [-0.4, -0.2) is 23.8 Å². The summed E-state index contributed by atoms with van der Waals surface area (Å²) in [6.45, 7) is 7.39. The van der Waals surface area contributed by atoms with E-state index >= 15 is 0 Å². The molecule has 0 bridgehead atoms. The molecule has 0 amide bonds. The predicted molar refractivity (Wildman–Crippen MR) is 137 cm³/mol. The molecule has 0 aromatic heterocycles. The Morgan fingerprint density at radius 3 is 2.00 bits per heavy atom. The van der Waals surface area contributed by atoms with Crippen LogP contribution < -0.4 is 10.4 Å². The van der Waals surface area contributed by atoms with Gasteiger partial charge in [0.25, 0.3) is 0 Å². The molecule has 0 fully saturated rings. The van der Waals surface area contributed by atoms with Crippen molar-refractivity contribution in [3.05, 3.63) is 97.1 Å². The number of aliphatic hydroxyl groups is 1. The van der Waals surface area contributed by atoms with Crippen LogP contribution in [0.3, 0.4) is 0 Å². The van der Waals surface area contributed by atoms with Crippen LogP contribution >= 0.6 is 0 Å². The number of rotatable bonds is 7. The van der Waals surface area contributed by atoms with Crippen molar-refractivity contribution in [1.29, 1.82) is 0 Å². The molecule has 0 heterocycles. The summed E-state index contributed by atoms with van der Waals surface area (Å²) in [5, 5.41) is 12.8. The maximum Gasteiger partial charge on any atom is 0.309 e. The molecule has 162 valence electrons. The number of nitrogens with zero attached hydrogens (tertiary/aromatic N) is 1. The molecule has 4 heteroatoms. The smallest absolute Gasteiger partial charge is 0.309 e. The first-order chi connectivity index (χ1) is 15.2. The normalized spacial score (nSPS) is 12.0. The van der Waals surface area contributed by atoms with Gasteiger partial charge in [0.15, 0.2) is 0 Å². The number of anilines is 3. The average molecular weight is 423 g/mol. The van der Waals surface area contributed by atoms with E-state index in [1.165, 1.54) is 10.8 Å². The van der Waals surface area contributed by atoms with Crippen molar-refractivity contribution in [1.82, 2.24) is 0 Å². The Morgan fingerprint density at radius 2 is 1.28 bits per heavy atom. The van der Waals surface area contributed by atoms with Gasteiger partial charge in [-0.15, -0.1) is 0 Å². The second-order valence-electron chi connectivity index (χ2n) is 9.23. The van der Waals surface area contributed by atoms with Crippen molar-refractivity contribution in [2.45, 2.75) is 38.9 Å². The molecule has 1 N–H and O–H groups in total. The Morgan fingerprint density at radius 1 is 0.656 bits per heavy atom. The predicted octanol–water partition coefficient (Wildman–Crippen LogP) is 5.85. The standard InChI is InChI=1S/C28H30BNO2/c1-27(2,31)28(3,4)32-29-23-13-10-16-25(20-23)30(24-14-6-5-7-15-24)26-18-17-21-11-8-9-12-22(21)19-26/h5-20,29,31H,1-4H3. The van der Waals surface area contributed by atoms with Crippen LogP contribution in [-0.2, 0) is 4.65 Å². The molecule has 32 heavy (non-hydrogen) atoms. The quantitative estimate of drug-likeness (QED) is 0.379. The van der Waals surface area contributed by atoms with Crippen LogP contribution in [0.1, 0.15) is 27.7 Å². The molecule has 0 radical (unpaired) electrons. The number of hydrogen-bond donors (Lipinski definition) is 1. The van der Waals surface area contributed by atoms with Crippen molar-refractivity contribution in [3.8, 4) is 0 Å². The summed E-state index contributed by atoms with van der Waals surface area (Å²) in [7, 11) is 0.422. The minimum absolute atomic E-state index is 0.422. The van der Waals surface area contributed by atoms with Gasteiger partial charge < -0.3 is 14.7 Å². The molecule has 0 spiro atoms. The Hall–Kier alpha value is -3.08. The summed E-state index contributed by atoms with van der Waals surface area (Å²) in [6.07, 6.45) is 0. The highest BCUT2D eigenvalue weighted by molar-refractivity contribution is 6.47. The summed E-state index contributed by atoms with van der Waals surface area (Å²) in [4.78, 5) is 2.26. The van der Waals surface area contributed by atoms with Gasteiger partial charge in [-0.25, -0.2) is 0 Å². The van der Waals surface area contributed by atoms with Gasteiger partial charge in [0.1, 0.15) is 0 Å². The Balaban J connectivity index is 1.71. The minimum atomic E-state index is -0.939. The lowest BCUT2D eigenvalue weighted by molar-refractivity contribution is -0.0893. The van der Waals surface area contributed by atoms with E-state index in [1.54, 1.807) is 13.8 Å². The van der Waals surface area contributed by atoms with Crippen LogP contribution in [0.4, 0.5) is 17.1 Å². The Bertz CT molecular complexity index is 1200. The maximum absolute atomic E-state index is 10.4. The third-order valence-electron chi connectivity index (χ3n) is 6.25. The maximum atomic E-state index is 10.4. The molecule has 4 aromatic carbocycles. The van der Waals surface area contributed by atoms with E-state index in [9.17, 15) is 5.11 Å². The Labute approximate surface area is 191 Å². The molecule has 0 aliphatic rings. The molecule has 3 nitrogen and oxygen atoms in total. The highest BCUT2D eigenvalue weighted by Crippen LogP contribution is 2.35. The fourth-order valence-electron chi connectivity index (χ4n) is 3.57. The van der Waals surface area contributed by atoms with Crippen LogP contribution in [0.25, 0.3) is 10.8 Å². The molecular formula is C28H30BNO2. The van der Waals surface area contributed by atoms with Crippen molar-refractivity contribution < 1.29 is 9.76 Å². The molecule has 0 aliphatic carbocycles. The number of para-hydroxylation sites is 1. The van der Waals surface area contributed by atoms with Crippen LogP contribution in [0, 0.1) is 0 Å². The molecule has 0 aliphatic heterocycles. The van der Waals surface area contributed by atoms with Crippen molar-refractivity contribution in [2.75, 3.05) is 4.90 Å². The highest BCUT2D eigenvalue weighted by Gasteiger charge is 2.35. The zero-order valence-electron chi connectivity index (χ0n) is 19.2. The van der Waals surface area contributed by atoms with E-state index in [2.05, 4.69) is 95.9 Å². The largest absolute Gasteiger partial charge is 0.427 e. The lowest BCUT2D eigenvalue weighted by Crippen LogP contribution is -2.49. The molecule has 4 aromatic rings. The van der Waals surface area contributed by atoms with Gasteiger partial charge in [-0.3, -0.25) is 0 Å². The molecule has 0 unspecified atom stereocenters. The average Bonchev–Trinajstić information content (AvgIpc) is 2.78. The van der Waals surface area contributed by atoms with E-state index in [0.717, 1.165) is 22.5 Å². The van der Waals surface area contributed by atoms with Crippen LogP contribution in [0.15, 0.2) is 97.1 Å². The zero-order valence-corrected chi connectivity index (χ0v) is 19.2. The van der Waals surface area contributed by atoms with E-state index in [0.29, 0.717) is 7.48 Å². The van der Waals surface area contributed by atoms with E-state index in [4.69, 9.17) is 4.65 Å². The van der Waals surface area contributed by atoms with Gasteiger partial charge in [-0.1, -0.05) is 66.1 Å². The second kappa shape index (κ2) is 8.81. The number of hydrogen-bond acceptors (Lipinski definition) is 3. The van der Waals surface area contributed by atoms with Gasteiger partial charge in [-0.2, -0.15) is 0 Å². The summed E-state index contributed by atoms with van der Waals surface area (Å²) in [5.74, 6) is 0. The summed E-state index contributed by atoms with van der Waals surface area (Å²) < 4.78 is 6.12. The SMILES string of the molecule is CC(C)(O)C(C)(C)OBc1cccc(N(c2ccccc2)c2ccc3ccccc3c2)c1. The lowest BCUT2D eigenvalue weighted by Gasteiger charge is -2.37. The van der Waals surface area contributed by atoms with Gasteiger partial charge in [-0.05, 0) is 74.9 Å². The summed E-state index contributed by atoms with van der Waals surface area (Å²) in [6, 6.07) is 33.8. The van der Waals surface area contributed by atoms with Gasteiger partial charge in [0.05, 0.1) is 11.2 Å². The third kappa shape index (κ3) is 4.72.